The predicted molar refractivity (Wildman–Crippen MR) is 60.9 cm³/mol. The summed E-state index contributed by atoms with van der Waals surface area (Å²) < 4.78 is 0. The molecule has 0 amide bonds. The van der Waals surface area contributed by atoms with Crippen molar-refractivity contribution in [2.75, 3.05) is 7.11 Å². The highest BCUT2D eigenvalue weighted by Gasteiger charge is 2.26. The van der Waals surface area contributed by atoms with Crippen molar-refractivity contribution >= 4 is 11.5 Å². The van der Waals surface area contributed by atoms with Crippen LogP contribution in [0.25, 0.3) is 0 Å². The summed E-state index contributed by atoms with van der Waals surface area (Å²) in [6.45, 7) is 3.96. The first-order valence-electron chi connectivity index (χ1n) is 5.79. The van der Waals surface area contributed by atoms with Gasteiger partial charge in [0.05, 0.1) is 5.71 Å². The van der Waals surface area contributed by atoms with Crippen LogP contribution in [0.3, 0.4) is 0 Å². The van der Waals surface area contributed by atoms with Crippen molar-refractivity contribution in [1.29, 1.82) is 0 Å². The lowest BCUT2D eigenvalue weighted by molar-refractivity contribution is -0.123. The standard InChI is InChI=1S/C12H21NO2/c1-4-12(14)11-7-5-10(6-8-11)9(2)13-15-3/h10-11H,4-8H2,1-3H3/b13-9+. The van der Waals surface area contributed by atoms with Crippen LogP contribution in [0.1, 0.15) is 46.0 Å². The highest BCUT2D eigenvalue weighted by atomic mass is 16.6. The van der Waals surface area contributed by atoms with Gasteiger partial charge in [-0.2, -0.15) is 0 Å². The van der Waals surface area contributed by atoms with Crippen molar-refractivity contribution in [2.45, 2.75) is 46.0 Å². The number of oxime groups is 1. The van der Waals surface area contributed by atoms with Crippen LogP contribution in [0.15, 0.2) is 5.16 Å². The number of nitrogens with zero attached hydrogens (tertiary/aromatic N) is 1. The Bertz CT molecular complexity index is 240. The fourth-order valence-electron chi connectivity index (χ4n) is 2.34. The second kappa shape index (κ2) is 5.89. The van der Waals surface area contributed by atoms with Crippen LogP contribution in [0.4, 0.5) is 0 Å². The molecule has 0 N–H and O–H groups in total. The van der Waals surface area contributed by atoms with Gasteiger partial charge < -0.3 is 4.84 Å². The van der Waals surface area contributed by atoms with Crippen molar-refractivity contribution in [3.05, 3.63) is 0 Å². The van der Waals surface area contributed by atoms with Crippen LogP contribution in [-0.4, -0.2) is 18.6 Å². The lowest BCUT2D eigenvalue weighted by atomic mass is 9.78. The number of rotatable bonds is 4. The van der Waals surface area contributed by atoms with E-state index in [4.69, 9.17) is 4.84 Å². The van der Waals surface area contributed by atoms with E-state index in [9.17, 15) is 4.79 Å². The topological polar surface area (TPSA) is 38.7 Å². The number of hydrogen-bond donors (Lipinski definition) is 0. The molecular formula is C12H21NO2. The van der Waals surface area contributed by atoms with Gasteiger partial charge in [-0.05, 0) is 32.6 Å². The Labute approximate surface area is 91.9 Å². The van der Waals surface area contributed by atoms with E-state index in [0.717, 1.165) is 31.4 Å². The van der Waals surface area contributed by atoms with Gasteiger partial charge >= 0.3 is 0 Å². The average molecular weight is 211 g/mol. The van der Waals surface area contributed by atoms with Crippen molar-refractivity contribution < 1.29 is 9.63 Å². The molecule has 0 spiro atoms. The Morgan fingerprint density at radius 3 is 2.27 bits per heavy atom. The molecule has 86 valence electrons. The predicted octanol–water partition coefficient (Wildman–Crippen LogP) is 2.79. The van der Waals surface area contributed by atoms with Gasteiger partial charge in [-0.25, -0.2) is 0 Å². The number of Topliss-reactive ketones (excluding diaryl/α,β-unsaturated/α-hetero) is 1. The normalized spacial score (nSPS) is 27.5. The van der Waals surface area contributed by atoms with E-state index >= 15 is 0 Å². The van der Waals surface area contributed by atoms with Crippen molar-refractivity contribution in [3.63, 3.8) is 0 Å². The Morgan fingerprint density at radius 1 is 1.27 bits per heavy atom. The molecule has 15 heavy (non-hydrogen) atoms. The summed E-state index contributed by atoms with van der Waals surface area (Å²) >= 11 is 0. The van der Waals surface area contributed by atoms with E-state index in [-0.39, 0.29) is 0 Å². The molecule has 0 atom stereocenters. The fourth-order valence-corrected chi connectivity index (χ4v) is 2.34. The molecule has 0 bridgehead atoms. The van der Waals surface area contributed by atoms with Crippen molar-refractivity contribution in [1.82, 2.24) is 0 Å². The van der Waals surface area contributed by atoms with Crippen molar-refractivity contribution in [3.8, 4) is 0 Å². The zero-order valence-electron chi connectivity index (χ0n) is 9.95. The van der Waals surface area contributed by atoms with Crippen molar-refractivity contribution in [2.24, 2.45) is 17.0 Å². The molecule has 0 aromatic carbocycles. The Balaban J connectivity index is 2.42. The highest BCUT2D eigenvalue weighted by molar-refractivity contribution is 5.85. The third-order valence-corrected chi connectivity index (χ3v) is 3.36. The highest BCUT2D eigenvalue weighted by Crippen LogP contribution is 2.30. The minimum atomic E-state index is 0.307. The fraction of sp³-hybridized carbons (Fsp3) is 0.833. The summed E-state index contributed by atoms with van der Waals surface area (Å²) in [4.78, 5) is 16.3. The second-order valence-electron chi connectivity index (χ2n) is 4.28. The number of ketones is 1. The third-order valence-electron chi connectivity index (χ3n) is 3.36. The monoisotopic (exact) mass is 211 g/mol. The van der Waals surface area contributed by atoms with E-state index in [2.05, 4.69) is 5.16 Å². The molecule has 0 aliphatic heterocycles. The molecule has 1 fully saturated rings. The van der Waals surface area contributed by atoms with E-state index in [1.807, 2.05) is 13.8 Å². The van der Waals surface area contributed by atoms with Gasteiger partial charge in [0.15, 0.2) is 0 Å². The molecule has 3 nitrogen and oxygen atoms in total. The Hall–Kier alpha value is -0.860. The van der Waals surface area contributed by atoms with Gasteiger partial charge in [0, 0.05) is 18.3 Å². The molecule has 0 aromatic rings. The molecule has 1 aliphatic carbocycles. The number of hydrogen-bond acceptors (Lipinski definition) is 3. The molecular weight excluding hydrogens is 190 g/mol. The quantitative estimate of drug-likeness (QED) is 0.530. The summed E-state index contributed by atoms with van der Waals surface area (Å²) in [5.74, 6) is 1.25. The Kier molecular flexibility index (Phi) is 4.79. The smallest absolute Gasteiger partial charge is 0.135 e. The second-order valence-corrected chi connectivity index (χ2v) is 4.28. The summed E-state index contributed by atoms with van der Waals surface area (Å²) in [6, 6.07) is 0. The zero-order valence-corrected chi connectivity index (χ0v) is 9.95. The first-order chi connectivity index (χ1) is 7.19. The molecule has 0 heterocycles. The van der Waals surface area contributed by atoms with Gasteiger partial charge in [0.2, 0.25) is 0 Å². The SMILES string of the molecule is CCC(=O)C1CCC(/C(C)=N/OC)CC1. The first-order valence-corrected chi connectivity index (χ1v) is 5.79. The number of carbonyl (C=O) groups excluding carboxylic acids is 1. The summed E-state index contributed by atoms with van der Waals surface area (Å²) in [5.41, 5.74) is 1.07. The van der Waals surface area contributed by atoms with E-state index in [1.165, 1.54) is 0 Å². The van der Waals surface area contributed by atoms with Crippen LogP contribution >= 0.6 is 0 Å². The summed E-state index contributed by atoms with van der Waals surface area (Å²) in [7, 11) is 1.58. The lowest BCUT2D eigenvalue weighted by Gasteiger charge is -2.26. The molecule has 0 unspecified atom stereocenters. The molecule has 0 radical (unpaired) electrons. The zero-order chi connectivity index (χ0) is 11.3. The summed E-state index contributed by atoms with van der Waals surface area (Å²) in [6.07, 6.45) is 4.88. The molecule has 1 aliphatic rings. The maximum absolute atomic E-state index is 11.5. The van der Waals surface area contributed by atoms with Crippen LogP contribution < -0.4 is 0 Å². The van der Waals surface area contributed by atoms with Crippen LogP contribution in [-0.2, 0) is 9.63 Å². The van der Waals surface area contributed by atoms with Gasteiger partial charge in [0.1, 0.15) is 12.9 Å². The van der Waals surface area contributed by atoms with Crippen LogP contribution in [0.5, 0.6) is 0 Å². The molecule has 0 aromatic heterocycles. The van der Waals surface area contributed by atoms with Crippen LogP contribution in [0, 0.1) is 11.8 Å². The van der Waals surface area contributed by atoms with E-state index < -0.39 is 0 Å². The Morgan fingerprint density at radius 2 is 1.80 bits per heavy atom. The molecule has 1 rings (SSSR count). The molecule has 3 heteroatoms. The molecule has 1 saturated carbocycles. The minimum absolute atomic E-state index is 0.307. The average Bonchev–Trinajstić information content (AvgIpc) is 2.28. The summed E-state index contributed by atoms with van der Waals surface area (Å²) in [5, 5.41) is 3.97. The largest absolute Gasteiger partial charge is 0.399 e. The first kappa shape index (κ1) is 12.2. The maximum atomic E-state index is 11.5. The molecule has 0 saturated heterocycles. The van der Waals surface area contributed by atoms with E-state index in [0.29, 0.717) is 24.0 Å². The van der Waals surface area contributed by atoms with Gasteiger partial charge in [-0.1, -0.05) is 12.1 Å². The third kappa shape index (κ3) is 3.33. The minimum Gasteiger partial charge on any atom is -0.399 e. The van der Waals surface area contributed by atoms with Crippen LogP contribution in [0.2, 0.25) is 0 Å². The van der Waals surface area contributed by atoms with Gasteiger partial charge in [0.25, 0.3) is 0 Å². The lowest BCUT2D eigenvalue weighted by Crippen LogP contribution is -2.24. The van der Waals surface area contributed by atoms with Gasteiger partial charge in [-0.3, -0.25) is 4.79 Å². The maximum Gasteiger partial charge on any atom is 0.135 e. The van der Waals surface area contributed by atoms with Gasteiger partial charge in [-0.15, -0.1) is 0 Å². The number of carbonyl (C=O) groups is 1. The van der Waals surface area contributed by atoms with E-state index in [1.54, 1.807) is 7.11 Å².